The van der Waals surface area contributed by atoms with Gasteiger partial charge >= 0.3 is 5.97 Å². The second-order valence-corrected chi connectivity index (χ2v) is 4.20. The first-order valence-electron chi connectivity index (χ1n) is 5.77. The highest BCUT2D eigenvalue weighted by atomic mass is 16.5. The number of ether oxygens (including phenoxy) is 1. The van der Waals surface area contributed by atoms with Crippen LogP contribution in [0.25, 0.3) is 0 Å². The molecule has 1 aromatic carbocycles. The molecule has 0 aromatic heterocycles. The Bertz CT molecular complexity index is 464. The molecular formula is C13H14N2O3. The Balaban J connectivity index is 2.03. The summed E-state index contributed by atoms with van der Waals surface area (Å²) in [5.41, 5.74) is 1.61. The van der Waals surface area contributed by atoms with Crippen molar-refractivity contribution in [1.29, 1.82) is 5.26 Å². The van der Waals surface area contributed by atoms with Crippen LogP contribution < -0.4 is 4.90 Å². The second-order valence-electron chi connectivity index (χ2n) is 4.20. The molecule has 0 amide bonds. The standard InChI is InChI=1S/C13H14N2O3/c14-8-10-1-3-11(4-2-10)15-5-6-18-12(9-15)7-13(16)17/h1-4,12H,5-7,9H2,(H,16,17). The van der Waals surface area contributed by atoms with Crippen molar-refractivity contribution in [2.24, 2.45) is 0 Å². The highest BCUT2D eigenvalue weighted by Gasteiger charge is 2.22. The van der Waals surface area contributed by atoms with Crippen molar-refractivity contribution in [3.63, 3.8) is 0 Å². The third kappa shape index (κ3) is 2.99. The van der Waals surface area contributed by atoms with Crippen LogP contribution in [0.3, 0.4) is 0 Å². The molecule has 1 unspecified atom stereocenters. The number of morpholine rings is 1. The largest absolute Gasteiger partial charge is 0.481 e. The second kappa shape index (κ2) is 5.52. The Kier molecular flexibility index (Phi) is 3.80. The summed E-state index contributed by atoms with van der Waals surface area (Å²) < 4.78 is 5.41. The Morgan fingerprint density at radius 1 is 1.50 bits per heavy atom. The molecule has 94 valence electrons. The highest BCUT2D eigenvalue weighted by Crippen LogP contribution is 2.19. The number of nitrogens with zero attached hydrogens (tertiary/aromatic N) is 2. The molecule has 1 heterocycles. The van der Waals surface area contributed by atoms with E-state index in [2.05, 4.69) is 11.0 Å². The van der Waals surface area contributed by atoms with Gasteiger partial charge in [-0.05, 0) is 24.3 Å². The molecule has 1 aliphatic heterocycles. The van der Waals surface area contributed by atoms with Gasteiger partial charge in [-0.2, -0.15) is 5.26 Å². The van der Waals surface area contributed by atoms with Gasteiger partial charge in [0.15, 0.2) is 0 Å². The summed E-state index contributed by atoms with van der Waals surface area (Å²) in [5.74, 6) is -0.846. The van der Waals surface area contributed by atoms with Gasteiger partial charge in [-0.3, -0.25) is 4.79 Å². The van der Waals surface area contributed by atoms with Gasteiger partial charge in [-0.1, -0.05) is 0 Å². The van der Waals surface area contributed by atoms with Crippen molar-refractivity contribution in [3.05, 3.63) is 29.8 Å². The molecule has 0 saturated carbocycles. The molecule has 18 heavy (non-hydrogen) atoms. The number of anilines is 1. The molecule has 5 heteroatoms. The molecular weight excluding hydrogens is 232 g/mol. The Morgan fingerprint density at radius 2 is 2.22 bits per heavy atom. The fourth-order valence-corrected chi connectivity index (χ4v) is 2.02. The number of carbonyl (C=O) groups is 1. The van der Waals surface area contributed by atoms with E-state index in [4.69, 9.17) is 15.1 Å². The van der Waals surface area contributed by atoms with Crippen LogP contribution in [0.15, 0.2) is 24.3 Å². The van der Waals surface area contributed by atoms with Crippen LogP contribution >= 0.6 is 0 Å². The van der Waals surface area contributed by atoms with Crippen molar-refractivity contribution >= 4 is 11.7 Å². The van der Waals surface area contributed by atoms with E-state index in [-0.39, 0.29) is 12.5 Å². The molecule has 2 rings (SSSR count). The van der Waals surface area contributed by atoms with Crippen molar-refractivity contribution < 1.29 is 14.6 Å². The van der Waals surface area contributed by atoms with Crippen molar-refractivity contribution in [3.8, 4) is 6.07 Å². The van der Waals surface area contributed by atoms with Crippen molar-refractivity contribution in [2.45, 2.75) is 12.5 Å². The summed E-state index contributed by atoms with van der Waals surface area (Å²) in [6.07, 6.45) is -0.251. The van der Waals surface area contributed by atoms with Crippen LogP contribution in [-0.4, -0.2) is 36.9 Å². The first kappa shape index (κ1) is 12.4. The molecule has 1 atom stereocenters. The molecule has 1 N–H and O–H groups in total. The van der Waals surface area contributed by atoms with Gasteiger partial charge in [0.05, 0.1) is 30.8 Å². The molecule has 1 saturated heterocycles. The van der Waals surface area contributed by atoms with E-state index in [0.29, 0.717) is 18.7 Å². The van der Waals surface area contributed by atoms with Crippen molar-refractivity contribution in [2.75, 3.05) is 24.6 Å². The number of rotatable bonds is 3. The fraction of sp³-hybridized carbons (Fsp3) is 0.385. The lowest BCUT2D eigenvalue weighted by Gasteiger charge is -2.34. The third-order valence-electron chi connectivity index (χ3n) is 2.90. The van der Waals surface area contributed by atoms with Gasteiger partial charge in [0.25, 0.3) is 0 Å². The van der Waals surface area contributed by atoms with Crippen LogP contribution in [0.5, 0.6) is 0 Å². The number of benzene rings is 1. The average molecular weight is 246 g/mol. The minimum absolute atomic E-state index is 0.0206. The van der Waals surface area contributed by atoms with Gasteiger partial charge in [-0.25, -0.2) is 0 Å². The van der Waals surface area contributed by atoms with E-state index in [9.17, 15) is 4.79 Å². The summed E-state index contributed by atoms with van der Waals surface area (Å²) in [6.45, 7) is 1.83. The number of hydrogen-bond donors (Lipinski definition) is 1. The summed E-state index contributed by atoms with van der Waals surface area (Å²) in [4.78, 5) is 12.7. The zero-order chi connectivity index (χ0) is 13.0. The molecule has 0 aliphatic carbocycles. The van der Waals surface area contributed by atoms with Crippen LogP contribution in [0, 0.1) is 11.3 Å². The normalized spacial score (nSPS) is 19.3. The highest BCUT2D eigenvalue weighted by molar-refractivity contribution is 5.67. The SMILES string of the molecule is N#Cc1ccc(N2CCOC(CC(=O)O)C2)cc1. The molecule has 1 aromatic rings. The topological polar surface area (TPSA) is 73.6 Å². The number of carboxylic acid groups (broad SMARTS) is 1. The molecule has 5 nitrogen and oxygen atoms in total. The smallest absolute Gasteiger partial charge is 0.306 e. The quantitative estimate of drug-likeness (QED) is 0.868. The summed E-state index contributed by atoms with van der Waals surface area (Å²) in [7, 11) is 0. The van der Waals surface area contributed by atoms with E-state index in [0.717, 1.165) is 12.2 Å². The summed E-state index contributed by atoms with van der Waals surface area (Å²) in [5, 5.41) is 17.5. The average Bonchev–Trinajstić information content (AvgIpc) is 2.38. The van der Waals surface area contributed by atoms with Crippen LogP contribution in [-0.2, 0) is 9.53 Å². The van der Waals surface area contributed by atoms with Crippen molar-refractivity contribution in [1.82, 2.24) is 0 Å². The molecule has 1 fully saturated rings. The maximum Gasteiger partial charge on any atom is 0.306 e. The van der Waals surface area contributed by atoms with Gasteiger partial charge in [-0.15, -0.1) is 0 Å². The zero-order valence-electron chi connectivity index (χ0n) is 9.87. The van der Waals surface area contributed by atoms with Crippen LogP contribution in [0.4, 0.5) is 5.69 Å². The predicted molar refractivity (Wildman–Crippen MR) is 65.4 cm³/mol. The number of nitriles is 1. The van der Waals surface area contributed by atoms with E-state index in [1.165, 1.54) is 0 Å². The zero-order valence-corrected chi connectivity index (χ0v) is 9.87. The van der Waals surface area contributed by atoms with E-state index in [1.807, 2.05) is 12.1 Å². The Hall–Kier alpha value is -2.06. The minimum atomic E-state index is -0.846. The summed E-state index contributed by atoms with van der Waals surface area (Å²) >= 11 is 0. The Labute approximate surface area is 105 Å². The van der Waals surface area contributed by atoms with E-state index < -0.39 is 5.97 Å². The molecule has 0 spiro atoms. The summed E-state index contributed by atoms with van der Waals surface area (Å²) in [6, 6.07) is 9.35. The predicted octanol–water partition coefficient (Wildman–Crippen LogP) is 1.24. The van der Waals surface area contributed by atoms with Gasteiger partial charge in [0, 0.05) is 18.8 Å². The fourth-order valence-electron chi connectivity index (χ4n) is 2.02. The van der Waals surface area contributed by atoms with Gasteiger partial charge in [0.2, 0.25) is 0 Å². The number of carboxylic acids is 1. The minimum Gasteiger partial charge on any atom is -0.481 e. The van der Waals surface area contributed by atoms with Gasteiger partial charge in [0.1, 0.15) is 0 Å². The molecule has 0 bridgehead atoms. The van der Waals surface area contributed by atoms with Gasteiger partial charge < -0.3 is 14.7 Å². The van der Waals surface area contributed by atoms with Crippen LogP contribution in [0.2, 0.25) is 0 Å². The van der Waals surface area contributed by atoms with Crippen LogP contribution in [0.1, 0.15) is 12.0 Å². The van der Waals surface area contributed by atoms with E-state index in [1.54, 1.807) is 12.1 Å². The lowest BCUT2D eigenvalue weighted by Crippen LogP contribution is -2.43. The molecule has 0 radical (unpaired) electrons. The maximum absolute atomic E-state index is 10.7. The first-order valence-corrected chi connectivity index (χ1v) is 5.77. The number of aliphatic carboxylic acids is 1. The lowest BCUT2D eigenvalue weighted by atomic mass is 10.1. The molecule has 1 aliphatic rings. The maximum atomic E-state index is 10.7. The number of hydrogen-bond acceptors (Lipinski definition) is 4. The Morgan fingerprint density at radius 3 is 2.83 bits per heavy atom. The van der Waals surface area contributed by atoms with E-state index >= 15 is 0 Å². The monoisotopic (exact) mass is 246 g/mol. The lowest BCUT2D eigenvalue weighted by molar-refractivity contribution is -0.140. The third-order valence-corrected chi connectivity index (χ3v) is 2.90. The first-order chi connectivity index (χ1) is 8.69.